The molecule has 0 radical (unpaired) electrons. The molecular weight excluding hydrogens is 320 g/mol. The summed E-state index contributed by atoms with van der Waals surface area (Å²) in [6.07, 6.45) is 1.84. The van der Waals surface area contributed by atoms with Crippen molar-refractivity contribution in [2.24, 2.45) is 4.99 Å². The average Bonchev–Trinajstić information content (AvgIpc) is 2.82. The summed E-state index contributed by atoms with van der Waals surface area (Å²) in [5, 5.41) is 10.5. The van der Waals surface area contributed by atoms with E-state index in [4.69, 9.17) is 0 Å². The predicted octanol–water partition coefficient (Wildman–Crippen LogP) is 4.24. The molecule has 1 heterocycles. The first-order valence-electron chi connectivity index (χ1n) is 7.57. The molecule has 3 rings (SSSR count). The summed E-state index contributed by atoms with van der Waals surface area (Å²) in [5.74, 6) is 0.226. The minimum atomic E-state index is -0.0712. The zero-order valence-electron chi connectivity index (χ0n) is 13.8. The van der Waals surface area contributed by atoms with Gasteiger partial charge in [-0.1, -0.05) is 18.2 Å². The van der Waals surface area contributed by atoms with E-state index in [0.29, 0.717) is 15.8 Å². The van der Waals surface area contributed by atoms with Crippen molar-refractivity contribution < 1.29 is 9.90 Å². The molecule has 0 spiro atoms. The van der Waals surface area contributed by atoms with E-state index in [1.165, 1.54) is 11.8 Å². The van der Waals surface area contributed by atoms with Gasteiger partial charge in [-0.15, -0.1) is 0 Å². The van der Waals surface area contributed by atoms with Crippen molar-refractivity contribution in [3.05, 3.63) is 64.1 Å². The van der Waals surface area contributed by atoms with Crippen LogP contribution in [0.25, 0.3) is 6.08 Å². The van der Waals surface area contributed by atoms with Crippen LogP contribution in [0, 0.1) is 13.8 Å². The molecule has 122 valence electrons. The van der Waals surface area contributed by atoms with Crippen molar-refractivity contribution >= 4 is 34.6 Å². The van der Waals surface area contributed by atoms with Crippen molar-refractivity contribution in [2.75, 3.05) is 7.05 Å². The number of nitrogens with zero attached hydrogens (tertiary/aromatic N) is 2. The van der Waals surface area contributed by atoms with Gasteiger partial charge < -0.3 is 5.11 Å². The minimum absolute atomic E-state index is 0.0712. The predicted molar refractivity (Wildman–Crippen MR) is 99.5 cm³/mol. The quantitative estimate of drug-likeness (QED) is 0.833. The van der Waals surface area contributed by atoms with Crippen molar-refractivity contribution in [1.29, 1.82) is 0 Å². The highest BCUT2D eigenvalue weighted by atomic mass is 32.2. The molecule has 0 aromatic heterocycles. The molecule has 2 aromatic carbocycles. The lowest BCUT2D eigenvalue weighted by molar-refractivity contribution is -0.121. The van der Waals surface area contributed by atoms with Gasteiger partial charge in [-0.2, -0.15) is 0 Å². The summed E-state index contributed by atoms with van der Waals surface area (Å²) in [5.41, 5.74) is 3.30. The van der Waals surface area contributed by atoms with Gasteiger partial charge in [-0.25, -0.2) is 4.99 Å². The van der Waals surface area contributed by atoms with Gasteiger partial charge in [-0.3, -0.25) is 9.69 Å². The molecule has 1 aliphatic rings. The number of rotatable bonds is 2. The Labute approximate surface area is 145 Å². The summed E-state index contributed by atoms with van der Waals surface area (Å²) in [7, 11) is 1.73. The van der Waals surface area contributed by atoms with Crippen LogP contribution < -0.4 is 0 Å². The van der Waals surface area contributed by atoms with Crippen molar-refractivity contribution in [2.45, 2.75) is 13.8 Å². The topological polar surface area (TPSA) is 52.9 Å². The fourth-order valence-electron chi connectivity index (χ4n) is 2.49. The average molecular weight is 338 g/mol. The van der Waals surface area contributed by atoms with Crippen molar-refractivity contribution in [1.82, 2.24) is 4.90 Å². The second kappa shape index (κ2) is 6.53. The Balaban J connectivity index is 1.93. The maximum absolute atomic E-state index is 12.5. The highest BCUT2D eigenvalue weighted by Gasteiger charge is 2.30. The first-order valence-corrected chi connectivity index (χ1v) is 8.39. The molecule has 2 aromatic rings. The van der Waals surface area contributed by atoms with Gasteiger partial charge in [0.25, 0.3) is 5.91 Å². The number of carbonyl (C=O) groups is 1. The molecule has 0 atom stereocenters. The third-order valence-electron chi connectivity index (χ3n) is 3.80. The number of benzene rings is 2. The van der Waals surface area contributed by atoms with E-state index in [2.05, 4.69) is 4.99 Å². The molecule has 1 aliphatic heterocycles. The van der Waals surface area contributed by atoms with Gasteiger partial charge >= 0.3 is 0 Å². The third kappa shape index (κ3) is 3.21. The van der Waals surface area contributed by atoms with E-state index in [0.717, 1.165) is 22.4 Å². The van der Waals surface area contributed by atoms with Crippen LogP contribution in [0.1, 0.15) is 16.7 Å². The van der Waals surface area contributed by atoms with E-state index in [-0.39, 0.29) is 5.91 Å². The van der Waals surface area contributed by atoms with Crippen LogP contribution in [-0.4, -0.2) is 28.1 Å². The Kier molecular flexibility index (Phi) is 4.44. The number of hydrogen-bond acceptors (Lipinski definition) is 4. The van der Waals surface area contributed by atoms with Crippen molar-refractivity contribution in [3.8, 4) is 5.75 Å². The fourth-order valence-corrected chi connectivity index (χ4v) is 3.48. The number of amides is 1. The molecule has 5 heteroatoms. The second-order valence-corrected chi connectivity index (χ2v) is 6.72. The van der Waals surface area contributed by atoms with Gasteiger partial charge in [-0.05, 0) is 72.6 Å². The number of phenolic OH excluding ortho intramolecular Hbond substituents is 1. The van der Waals surface area contributed by atoms with Crippen molar-refractivity contribution in [3.63, 3.8) is 0 Å². The monoisotopic (exact) mass is 338 g/mol. The smallest absolute Gasteiger partial charge is 0.266 e. The Bertz CT molecular complexity index is 834. The summed E-state index contributed by atoms with van der Waals surface area (Å²) >= 11 is 1.36. The number of aliphatic imine (C=N–C) groups is 1. The summed E-state index contributed by atoms with van der Waals surface area (Å²) < 4.78 is 0. The number of thioether (sulfide) groups is 1. The molecule has 4 nitrogen and oxygen atoms in total. The zero-order chi connectivity index (χ0) is 17.3. The first kappa shape index (κ1) is 16.3. The zero-order valence-corrected chi connectivity index (χ0v) is 14.6. The van der Waals surface area contributed by atoms with E-state index in [1.807, 2.05) is 62.4 Å². The van der Waals surface area contributed by atoms with Gasteiger partial charge in [0, 0.05) is 7.05 Å². The van der Waals surface area contributed by atoms with Crippen LogP contribution in [0.15, 0.2) is 52.4 Å². The molecule has 24 heavy (non-hydrogen) atoms. The van der Waals surface area contributed by atoms with Crippen LogP contribution in [0.2, 0.25) is 0 Å². The van der Waals surface area contributed by atoms with Crippen LogP contribution in [0.3, 0.4) is 0 Å². The molecule has 1 N–H and O–H groups in total. The Hall–Kier alpha value is -2.53. The van der Waals surface area contributed by atoms with Crippen LogP contribution in [0.4, 0.5) is 5.69 Å². The standard InChI is InChI=1S/C19H18N2O2S/c1-12-9-14(10-13(2)17(12)22)11-16-18(23)21(3)19(24-16)20-15-7-5-4-6-8-15/h4-11,22H,1-3H3/b16-11-,20-19?. The van der Waals surface area contributed by atoms with E-state index >= 15 is 0 Å². The molecule has 1 amide bonds. The molecule has 0 bridgehead atoms. The first-order chi connectivity index (χ1) is 11.5. The molecule has 0 aliphatic carbocycles. The number of phenols is 1. The lowest BCUT2D eigenvalue weighted by Crippen LogP contribution is -2.23. The third-order valence-corrected chi connectivity index (χ3v) is 4.86. The molecule has 0 unspecified atom stereocenters. The molecule has 0 saturated carbocycles. The summed E-state index contributed by atoms with van der Waals surface area (Å²) in [6.45, 7) is 3.70. The minimum Gasteiger partial charge on any atom is -0.507 e. The maximum Gasteiger partial charge on any atom is 0.266 e. The number of aromatic hydroxyl groups is 1. The van der Waals surface area contributed by atoms with Crippen LogP contribution in [-0.2, 0) is 4.79 Å². The molecule has 1 fully saturated rings. The van der Waals surface area contributed by atoms with E-state index < -0.39 is 0 Å². The number of carbonyl (C=O) groups excluding carboxylic acids is 1. The fraction of sp³-hybridized carbons (Fsp3) is 0.158. The van der Waals surface area contributed by atoms with E-state index in [9.17, 15) is 9.90 Å². The highest BCUT2D eigenvalue weighted by Crippen LogP contribution is 2.34. The highest BCUT2D eigenvalue weighted by molar-refractivity contribution is 8.18. The summed E-state index contributed by atoms with van der Waals surface area (Å²) in [4.78, 5) is 19.2. The Morgan fingerprint density at radius 3 is 2.38 bits per heavy atom. The SMILES string of the molecule is Cc1cc(/C=C2\SC(=Nc3ccccc3)N(C)C2=O)cc(C)c1O. The van der Waals surface area contributed by atoms with E-state index in [1.54, 1.807) is 11.9 Å². The van der Waals surface area contributed by atoms with Crippen LogP contribution in [0.5, 0.6) is 5.75 Å². The Morgan fingerprint density at radius 2 is 1.75 bits per heavy atom. The number of likely N-dealkylation sites (N-methyl/N-ethyl adjacent to an activating group) is 1. The molecule has 1 saturated heterocycles. The Morgan fingerprint density at radius 1 is 1.12 bits per heavy atom. The van der Waals surface area contributed by atoms with Gasteiger partial charge in [0.2, 0.25) is 0 Å². The van der Waals surface area contributed by atoms with Gasteiger partial charge in [0.1, 0.15) is 5.75 Å². The van der Waals surface area contributed by atoms with Gasteiger partial charge in [0.05, 0.1) is 10.6 Å². The number of amidine groups is 1. The maximum atomic E-state index is 12.5. The number of para-hydroxylation sites is 1. The number of aryl methyl sites for hydroxylation is 2. The van der Waals surface area contributed by atoms with Gasteiger partial charge in [0.15, 0.2) is 5.17 Å². The number of hydrogen-bond donors (Lipinski definition) is 1. The lowest BCUT2D eigenvalue weighted by atomic mass is 10.1. The summed E-state index contributed by atoms with van der Waals surface area (Å²) in [6, 6.07) is 13.3. The van der Waals surface area contributed by atoms with Crippen LogP contribution >= 0.6 is 11.8 Å². The second-order valence-electron chi connectivity index (χ2n) is 5.71. The largest absolute Gasteiger partial charge is 0.507 e. The molecular formula is C19H18N2O2S. The lowest BCUT2D eigenvalue weighted by Gasteiger charge is -2.07. The normalized spacial score (nSPS) is 18.0.